The highest BCUT2D eigenvalue weighted by Gasteiger charge is 2.11. The molecule has 2 aromatic carbocycles. The maximum absolute atomic E-state index is 12.4. The molecule has 0 aliphatic carbocycles. The van der Waals surface area contributed by atoms with Gasteiger partial charge in [0.05, 0.1) is 7.11 Å². The Morgan fingerprint density at radius 1 is 0.952 bits per heavy atom. The number of esters is 1. The van der Waals surface area contributed by atoms with Crippen LogP contribution < -0.4 is 0 Å². The summed E-state index contributed by atoms with van der Waals surface area (Å²) in [6.45, 7) is 2.05. The lowest BCUT2D eigenvalue weighted by Crippen LogP contribution is -2.03. The van der Waals surface area contributed by atoms with Crippen molar-refractivity contribution in [1.82, 2.24) is 0 Å². The highest BCUT2D eigenvalue weighted by atomic mass is 16.5. The first-order valence-electron chi connectivity index (χ1n) is 7.22. The number of ketones is 1. The van der Waals surface area contributed by atoms with Crippen molar-refractivity contribution in [1.29, 1.82) is 0 Å². The van der Waals surface area contributed by atoms with Crippen LogP contribution in [-0.4, -0.2) is 18.9 Å². The Morgan fingerprint density at radius 3 is 2.33 bits per heavy atom. The summed E-state index contributed by atoms with van der Waals surface area (Å²) in [6.07, 6.45) is 2.22. The van der Waals surface area contributed by atoms with Crippen LogP contribution in [0.3, 0.4) is 0 Å². The van der Waals surface area contributed by atoms with Crippen LogP contribution in [0.4, 0.5) is 0 Å². The zero-order chi connectivity index (χ0) is 15.2. The number of aryl methyl sites for hydroxylation is 1. The molecule has 0 N–H and O–H groups in total. The molecule has 0 aromatic heterocycles. The van der Waals surface area contributed by atoms with Crippen LogP contribution in [0.25, 0.3) is 10.8 Å². The van der Waals surface area contributed by atoms with Crippen molar-refractivity contribution >= 4 is 22.5 Å². The van der Waals surface area contributed by atoms with Gasteiger partial charge in [-0.1, -0.05) is 36.4 Å². The molecule has 0 saturated heterocycles. The molecule has 3 nitrogen and oxygen atoms in total. The third-order valence-electron chi connectivity index (χ3n) is 3.70. The van der Waals surface area contributed by atoms with Crippen LogP contribution in [0.1, 0.15) is 41.6 Å². The van der Waals surface area contributed by atoms with Gasteiger partial charge in [-0.15, -0.1) is 0 Å². The van der Waals surface area contributed by atoms with Gasteiger partial charge < -0.3 is 4.74 Å². The van der Waals surface area contributed by atoms with Crippen LogP contribution >= 0.6 is 0 Å². The van der Waals surface area contributed by atoms with E-state index in [1.807, 2.05) is 43.3 Å². The van der Waals surface area contributed by atoms with E-state index < -0.39 is 0 Å². The monoisotopic (exact) mass is 284 g/mol. The van der Waals surface area contributed by atoms with Crippen LogP contribution in [0.15, 0.2) is 36.4 Å². The molecule has 21 heavy (non-hydrogen) atoms. The van der Waals surface area contributed by atoms with E-state index >= 15 is 0 Å². The van der Waals surface area contributed by atoms with Crippen molar-refractivity contribution in [2.24, 2.45) is 0 Å². The fourth-order valence-corrected chi connectivity index (χ4v) is 2.48. The number of ether oxygens (including phenoxy) is 1. The van der Waals surface area contributed by atoms with E-state index in [0.717, 1.165) is 16.3 Å². The molecule has 0 bridgehead atoms. The van der Waals surface area contributed by atoms with E-state index in [1.54, 1.807) is 0 Å². The standard InChI is InChI=1S/C18H20O3/c1-13-11-12-16(15-8-4-3-7-14(13)15)17(19)9-5-6-10-18(20)21-2/h3-4,7-8,11-12H,5-6,9-10H2,1-2H3. The minimum Gasteiger partial charge on any atom is -0.469 e. The molecule has 110 valence electrons. The molecule has 3 heteroatoms. The molecular weight excluding hydrogens is 264 g/mol. The third-order valence-corrected chi connectivity index (χ3v) is 3.70. The Morgan fingerprint density at radius 2 is 1.62 bits per heavy atom. The largest absolute Gasteiger partial charge is 0.469 e. The van der Waals surface area contributed by atoms with Crippen LogP contribution in [0, 0.1) is 6.92 Å². The average Bonchev–Trinajstić information content (AvgIpc) is 2.51. The molecule has 0 saturated carbocycles. The average molecular weight is 284 g/mol. The Bertz CT molecular complexity index is 659. The molecule has 0 fully saturated rings. The predicted octanol–water partition coefficient (Wildman–Crippen LogP) is 4.06. The van der Waals surface area contributed by atoms with Gasteiger partial charge in [0.25, 0.3) is 0 Å². The molecular formula is C18H20O3. The lowest BCUT2D eigenvalue weighted by Gasteiger charge is -2.08. The minimum absolute atomic E-state index is 0.135. The third kappa shape index (κ3) is 3.69. The number of unbranched alkanes of at least 4 members (excludes halogenated alkanes) is 1. The van der Waals surface area contributed by atoms with Gasteiger partial charge in [0.2, 0.25) is 0 Å². The van der Waals surface area contributed by atoms with Crippen molar-refractivity contribution in [2.45, 2.75) is 32.6 Å². The van der Waals surface area contributed by atoms with E-state index in [1.165, 1.54) is 12.7 Å². The zero-order valence-electron chi connectivity index (χ0n) is 12.5. The molecule has 2 aromatic rings. The first-order valence-corrected chi connectivity index (χ1v) is 7.22. The second-order valence-electron chi connectivity index (χ2n) is 5.18. The van der Waals surface area contributed by atoms with Gasteiger partial charge in [-0.05, 0) is 36.1 Å². The van der Waals surface area contributed by atoms with Gasteiger partial charge in [0.1, 0.15) is 0 Å². The van der Waals surface area contributed by atoms with Gasteiger partial charge in [-0.3, -0.25) is 9.59 Å². The molecule has 0 spiro atoms. The quantitative estimate of drug-likeness (QED) is 0.456. The number of methoxy groups -OCH3 is 1. The Kier molecular flexibility index (Phi) is 5.09. The van der Waals surface area contributed by atoms with Gasteiger partial charge in [0, 0.05) is 18.4 Å². The van der Waals surface area contributed by atoms with Crippen molar-refractivity contribution in [3.63, 3.8) is 0 Å². The summed E-state index contributed by atoms with van der Waals surface area (Å²) in [4.78, 5) is 23.4. The first-order chi connectivity index (χ1) is 10.1. The summed E-state index contributed by atoms with van der Waals surface area (Å²) in [5.74, 6) is -0.0840. The highest BCUT2D eigenvalue weighted by Crippen LogP contribution is 2.24. The number of fused-ring (bicyclic) bond motifs is 1. The summed E-state index contributed by atoms with van der Waals surface area (Å²) in [7, 11) is 1.38. The Balaban J connectivity index is 2.06. The van der Waals surface area contributed by atoms with Crippen LogP contribution in [0.2, 0.25) is 0 Å². The molecule has 0 aliphatic heterocycles. The number of carbonyl (C=O) groups is 2. The van der Waals surface area contributed by atoms with Crippen molar-refractivity contribution in [2.75, 3.05) is 7.11 Å². The molecule has 0 atom stereocenters. The van der Waals surface area contributed by atoms with Gasteiger partial charge >= 0.3 is 5.97 Å². The van der Waals surface area contributed by atoms with Crippen molar-refractivity contribution < 1.29 is 14.3 Å². The molecule has 0 heterocycles. The van der Waals surface area contributed by atoms with E-state index in [-0.39, 0.29) is 11.8 Å². The van der Waals surface area contributed by atoms with Crippen LogP contribution in [0.5, 0.6) is 0 Å². The summed E-state index contributed by atoms with van der Waals surface area (Å²) >= 11 is 0. The topological polar surface area (TPSA) is 43.4 Å². The maximum atomic E-state index is 12.4. The van der Waals surface area contributed by atoms with E-state index in [9.17, 15) is 9.59 Å². The first kappa shape index (κ1) is 15.2. The lowest BCUT2D eigenvalue weighted by atomic mass is 9.96. The predicted molar refractivity (Wildman–Crippen MR) is 83.5 cm³/mol. The minimum atomic E-state index is -0.219. The molecule has 0 amide bonds. The number of carbonyl (C=O) groups excluding carboxylic acids is 2. The smallest absolute Gasteiger partial charge is 0.305 e. The number of hydrogen-bond acceptors (Lipinski definition) is 3. The van der Waals surface area contributed by atoms with Crippen molar-refractivity contribution in [3.8, 4) is 0 Å². The summed E-state index contributed by atoms with van der Waals surface area (Å²) in [6, 6.07) is 11.9. The fourth-order valence-electron chi connectivity index (χ4n) is 2.48. The molecule has 0 aliphatic rings. The number of benzene rings is 2. The second-order valence-corrected chi connectivity index (χ2v) is 5.18. The lowest BCUT2D eigenvalue weighted by molar-refractivity contribution is -0.140. The normalized spacial score (nSPS) is 10.6. The molecule has 0 unspecified atom stereocenters. The fraction of sp³-hybridized carbons (Fsp3) is 0.333. The summed E-state index contributed by atoms with van der Waals surface area (Å²) in [5, 5.41) is 2.13. The Hall–Kier alpha value is -2.16. The van der Waals surface area contributed by atoms with Crippen molar-refractivity contribution in [3.05, 3.63) is 47.5 Å². The van der Waals surface area contributed by atoms with Gasteiger partial charge in [-0.25, -0.2) is 0 Å². The second kappa shape index (κ2) is 7.02. The summed E-state index contributed by atoms with van der Waals surface area (Å²) in [5.41, 5.74) is 1.95. The molecule has 2 rings (SSSR count). The van der Waals surface area contributed by atoms with E-state index in [4.69, 9.17) is 0 Å². The van der Waals surface area contributed by atoms with Gasteiger partial charge in [-0.2, -0.15) is 0 Å². The molecule has 0 radical (unpaired) electrons. The summed E-state index contributed by atoms with van der Waals surface area (Å²) < 4.78 is 4.59. The Labute approximate surface area is 124 Å². The number of Topliss-reactive ketones (excluding diaryl/α,β-unsaturated/α-hetero) is 1. The maximum Gasteiger partial charge on any atom is 0.305 e. The number of rotatable bonds is 6. The SMILES string of the molecule is COC(=O)CCCCC(=O)c1ccc(C)c2ccccc12. The zero-order valence-corrected chi connectivity index (χ0v) is 12.5. The number of hydrogen-bond donors (Lipinski definition) is 0. The van der Waals surface area contributed by atoms with Gasteiger partial charge in [0.15, 0.2) is 5.78 Å². The van der Waals surface area contributed by atoms with E-state index in [0.29, 0.717) is 25.7 Å². The highest BCUT2D eigenvalue weighted by molar-refractivity contribution is 6.08. The van der Waals surface area contributed by atoms with Crippen LogP contribution in [-0.2, 0) is 9.53 Å². The van der Waals surface area contributed by atoms with E-state index in [2.05, 4.69) is 4.74 Å².